The fourth-order valence-electron chi connectivity index (χ4n) is 7.49. The lowest BCUT2D eigenvalue weighted by Gasteiger charge is -2.65. The zero-order chi connectivity index (χ0) is 28.7. The third-order valence-electron chi connectivity index (χ3n) is 9.47. The minimum Gasteiger partial charge on any atom is -0.508 e. The predicted molar refractivity (Wildman–Crippen MR) is 137 cm³/mol. The van der Waals surface area contributed by atoms with Gasteiger partial charge in [0, 0.05) is 29.2 Å². The molecular weight excluding hydrogens is 492 g/mol. The zero-order valence-electron chi connectivity index (χ0n) is 22.3. The number of primary amides is 1. The number of rotatable bonds is 5. The van der Waals surface area contributed by atoms with E-state index in [2.05, 4.69) is 0 Å². The van der Waals surface area contributed by atoms with Crippen LogP contribution in [0.5, 0.6) is 5.75 Å². The van der Waals surface area contributed by atoms with E-state index in [1.54, 1.807) is 32.9 Å². The van der Waals surface area contributed by atoms with Crippen molar-refractivity contribution < 1.29 is 39.6 Å². The normalized spacial score (nSPS) is 34.7. The van der Waals surface area contributed by atoms with Crippen LogP contribution in [0.3, 0.4) is 0 Å². The van der Waals surface area contributed by atoms with E-state index in [1.807, 2.05) is 0 Å². The summed E-state index contributed by atoms with van der Waals surface area (Å²) in [6.45, 7) is 6.60. The maximum Gasteiger partial charge on any atom is 0.255 e. The number of ketones is 3. The average molecular weight is 527 g/mol. The Labute approximate surface area is 220 Å². The van der Waals surface area contributed by atoms with Crippen LogP contribution in [0.2, 0.25) is 0 Å². The minimum absolute atomic E-state index is 0.00300. The summed E-state index contributed by atoms with van der Waals surface area (Å²) in [4.78, 5) is 55.0. The second-order valence-electron chi connectivity index (χ2n) is 11.3. The largest absolute Gasteiger partial charge is 0.508 e. The molecule has 0 heterocycles. The number of phenolic OH excluding ortho intramolecular Hbond substituents is 1. The zero-order valence-corrected chi connectivity index (χ0v) is 22.3. The Morgan fingerprint density at radius 2 is 1.71 bits per heavy atom. The highest BCUT2D eigenvalue weighted by Gasteiger charge is 2.77. The number of aliphatic hydroxyl groups is 3. The van der Waals surface area contributed by atoms with Gasteiger partial charge in [0.2, 0.25) is 5.78 Å². The van der Waals surface area contributed by atoms with Crippen molar-refractivity contribution in [3.8, 4) is 5.75 Å². The van der Waals surface area contributed by atoms with Crippen LogP contribution in [0.1, 0.15) is 57.6 Å². The molecule has 10 nitrogen and oxygen atoms in total. The highest BCUT2D eigenvalue weighted by Crippen LogP contribution is 2.69. The van der Waals surface area contributed by atoms with Crippen molar-refractivity contribution in [2.75, 3.05) is 14.1 Å². The van der Waals surface area contributed by atoms with Crippen LogP contribution in [0.4, 0.5) is 0 Å². The van der Waals surface area contributed by atoms with E-state index in [4.69, 9.17) is 5.73 Å². The van der Waals surface area contributed by atoms with E-state index in [9.17, 15) is 39.6 Å². The molecule has 0 bridgehead atoms. The molecule has 204 valence electrons. The van der Waals surface area contributed by atoms with Gasteiger partial charge < -0.3 is 26.2 Å². The molecule has 0 saturated heterocycles. The molecule has 1 saturated carbocycles. The third kappa shape index (κ3) is 3.01. The number of Topliss-reactive ketones (excluding diaryl/α,β-unsaturated/α-hetero) is 3. The van der Waals surface area contributed by atoms with Crippen LogP contribution >= 0.6 is 0 Å². The first-order valence-corrected chi connectivity index (χ1v) is 12.5. The van der Waals surface area contributed by atoms with E-state index in [0.29, 0.717) is 5.56 Å². The summed E-state index contributed by atoms with van der Waals surface area (Å²) >= 11 is 0. The van der Waals surface area contributed by atoms with Crippen molar-refractivity contribution in [3.05, 3.63) is 46.2 Å². The molecule has 0 aromatic heterocycles. The standard InChI is InChI=1S/C28H34N2O8/c1-7-13(31)11-16-26(3)12(2)14-9-8-10-15(32)17(14)20(33)19(26)24(36)28(38)23(35)18(25(29)37)21(34)22(30(5)6)27(16,28)4/h8-10,12,16,22,32-33,35,38H,7,11H2,1-6H3,(H2,29,37)/t12-,16-,22+,26-,27-,28+/m0/s1. The first-order valence-electron chi connectivity index (χ1n) is 12.5. The number of amides is 1. The number of likely N-dealkylation sites (N-methyl/N-ethyl adjacent to an activating group) is 1. The molecule has 38 heavy (non-hydrogen) atoms. The second-order valence-corrected chi connectivity index (χ2v) is 11.3. The number of aromatic hydroxyl groups is 1. The van der Waals surface area contributed by atoms with E-state index < -0.39 is 68.9 Å². The van der Waals surface area contributed by atoms with Crippen LogP contribution in [-0.2, 0) is 19.2 Å². The van der Waals surface area contributed by atoms with Crippen molar-refractivity contribution in [2.24, 2.45) is 22.5 Å². The van der Waals surface area contributed by atoms with E-state index in [1.165, 1.54) is 32.0 Å². The van der Waals surface area contributed by atoms with Gasteiger partial charge in [-0.2, -0.15) is 0 Å². The maximum atomic E-state index is 14.4. The number of nitrogens with two attached hydrogens (primary N) is 1. The Kier molecular flexibility index (Phi) is 6.16. The number of hydrogen-bond donors (Lipinski definition) is 5. The number of carbonyl (C=O) groups is 4. The SMILES string of the molecule is CCC(=O)C[C@H]1[C@@]2(C)C(=C(O)c3c(O)cccc3[C@@H]2C)C(=O)[C@]2(O)C(O)=C(C(N)=O)C(=O)[C@@H](N(C)C)[C@]12C. The van der Waals surface area contributed by atoms with Gasteiger partial charge in [0.05, 0.1) is 11.6 Å². The number of fused-ring (bicyclic) bond motifs is 3. The molecule has 0 aliphatic heterocycles. The average Bonchev–Trinajstić information content (AvgIpc) is 2.82. The van der Waals surface area contributed by atoms with Gasteiger partial charge in [-0.3, -0.25) is 24.1 Å². The van der Waals surface area contributed by atoms with Gasteiger partial charge in [-0.25, -0.2) is 0 Å². The molecule has 3 aliphatic rings. The van der Waals surface area contributed by atoms with Gasteiger partial charge in [-0.05, 0) is 37.6 Å². The summed E-state index contributed by atoms with van der Waals surface area (Å²) < 4.78 is 0. The Morgan fingerprint density at radius 1 is 1.11 bits per heavy atom. The molecule has 6 N–H and O–H groups in total. The van der Waals surface area contributed by atoms with Crippen LogP contribution in [-0.4, -0.2) is 74.3 Å². The molecule has 3 aliphatic carbocycles. The summed E-state index contributed by atoms with van der Waals surface area (Å²) in [5, 5.41) is 45.8. The molecule has 10 heteroatoms. The molecule has 1 aromatic rings. The number of aliphatic hydroxyl groups excluding tert-OH is 2. The van der Waals surface area contributed by atoms with Crippen LogP contribution in [0.25, 0.3) is 5.76 Å². The molecule has 4 rings (SSSR count). The summed E-state index contributed by atoms with van der Waals surface area (Å²) in [7, 11) is 3.06. The fraction of sp³-hybridized carbons (Fsp3) is 0.500. The molecule has 0 spiro atoms. The van der Waals surface area contributed by atoms with Gasteiger partial charge in [-0.1, -0.05) is 39.8 Å². The first-order chi connectivity index (χ1) is 17.5. The van der Waals surface area contributed by atoms with Crippen LogP contribution in [0, 0.1) is 16.7 Å². The highest BCUT2D eigenvalue weighted by atomic mass is 16.3. The highest BCUT2D eigenvalue weighted by molar-refractivity contribution is 6.25. The monoisotopic (exact) mass is 526 g/mol. The molecule has 0 radical (unpaired) electrons. The summed E-state index contributed by atoms with van der Waals surface area (Å²) in [5.41, 5.74) is -1.33. The van der Waals surface area contributed by atoms with Crippen molar-refractivity contribution in [1.82, 2.24) is 4.90 Å². The molecular formula is C28H34N2O8. The molecule has 0 unspecified atom stereocenters. The van der Waals surface area contributed by atoms with Crippen LogP contribution < -0.4 is 5.73 Å². The Balaban J connectivity index is 2.23. The first kappa shape index (κ1) is 27.5. The Morgan fingerprint density at radius 3 is 2.24 bits per heavy atom. The molecule has 1 fully saturated rings. The maximum absolute atomic E-state index is 14.4. The molecule has 1 amide bonds. The van der Waals surface area contributed by atoms with E-state index in [-0.39, 0.29) is 35.5 Å². The van der Waals surface area contributed by atoms with E-state index >= 15 is 0 Å². The lowest BCUT2D eigenvalue weighted by molar-refractivity contribution is -0.196. The Hall–Kier alpha value is -3.50. The number of nitrogens with zero attached hydrogens (tertiary/aromatic N) is 1. The second kappa shape index (κ2) is 8.51. The van der Waals surface area contributed by atoms with Gasteiger partial charge in [0.15, 0.2) is 11.4 Å². The van der Waals surface area contributed by atoms with Gasteiger partial charge >= 0.3 is 0 Å². The fourth-order valence-corrected chi connectivity index (χ4v) is 7.49. The minimum atomic E-state index is -2.90. The number of hydrogen-bond acceptors (Lipinski definition) is 9. The van der Waals surface area contributed by atoms with Gasteiger partial charge in [0.25, 0.3) is 5.91 Å². The summed E-state index contributed by atoms with van der Waals surface area (Å²) in [6, 6.07) is 3.30. The summed E-state index contributed by atoms with van der Waals surface area (Å²) in [5.74, 6) is -7.23. The topological polar surface area (TPSA) is 178 Å². The van der Waals surface area contributed by atoms with E-state index in [0.717, 1.165) is 0 Å². The van der Waals surface area contributed by atoms with Gasteiger partial charge in [-0.15, -0.1) is 0 Å². The number of benzene rings is 1. The van der Waals surface area contributed by atoms with Crippen molar-refractivity contribution in [2.45, 2.75) is 58.1 Å². The quantitative estimate of drug-likeness (QED) is 0.358. The van der Waals surface area contributed by atoms with Gasteiger partial charge in [0.1, 0.15) is 28.6 Å². The molecule has 6 atom stereocenters. The number of phenols is 1. The van der Waals surface area contributed by atoms with Crippen molar-refractivity contribution >= 4 is 29.0 Å². The van der Waals surface area contributed by atoms with Crippen molar-refractivity contribution in [3.63, 3.8) is 0 Å². The van der Waals surface area contributed by atoms with Crippen LogP contribution in [0.15, 0.2) is 35.1 Å². The predicted octanol–water partition coefficient (Wildman–Crippen LogP) is 1.90. The summed E-state index contributed by atoms with van der Waals surface area (Å²) in [6.07, 6.45) is -0.0775. The lowest BCUT2D eigenvalue weighted by Crippen LogP contribution is -2.76. The lowest BCUT2D eigenvalue weighted by atomic mass is 9.39. The van der Waals surface area contributed by atoms with Crippen molar-refractivity contribution in [1.29, 1.82) is 0 Å². The third-order valence-corrected chi connectivity index (χ3v) is 9.47. The Bertz CT molecular complexity index is 1360. The number of carbonyl (C=O) groups excluding carboxylic acids is 4. The molecule has 1 aromatic carbocycles. The smallest absolute Gasteiger partial charge is 0.255 e.